The number of hydrogen-bond donors (Lipinski definition) is 0. The molecule has 0 fully saturated rings. The van der Waals surface area contributed by atoms with E-state index in [2.05, 4.69) is 15.9 Å². The third-order valence-corrected chi connectivity index (χ3v) is 4.94. The van der Waals surface area contributed by atoms with Gasteiger partial charge >= 0.3 is 0 Å². The Morgan fingerprint density at radius 3 is 2.44 bits per heavy atom. The number of hydrogen-bond acceptors (Lipinski definition) is 6. The molecule has 3 rings (SSSR count). The maximum Gasteiger partial charge on any atom is 0.240 e. The molecule has 126 valence electrons. The fraction of sp³-hybridized carbons (Fsp3) is 0.118. The molecule has 1 aliphatic rings. The van der Waals surface area contributed by atoms with Crippen molar-refractivity contribution in [1.29, 1.82) is 0 Å². The summed E-state index contributed by atoms with van der Waals surface area (Å²) in [6.07, 6.45) is 1.20. The van der Waals surface area contributed by atoms with E-state index in [1.807, 2.05) is 0 Å². The number of benzene rings is 1. The minimum Gasteiger partial charge on any atom is -0.493 e. The molecule has 0 N–H and O–H groups in total. The normalized spacial score (nSPS) is 13.7. The first kappa shape index (κ1) is 17.2. The van der Waals surface area contributed by atoms with Crippen LogP contribution >= 0.6 is 15.9 Å². The number of fused-ring (bicyclic) bond motifs is 1. The Kier molecular flexibility index (Phi) is 4.38. The van der Waals surface area contributed by atoms with Gasteiger partial charge < -0.3 is 13.9 Å². The molecule has 0 unspecified atom stereocenters. The van der Waals surface area contributed by atoms with Gasteiger partial charge in [0.05, 0.1) is 29.8 Å². The van der Waals surface area contributed by atoms with Crippen LogP contribution in [0, 0.1) is 0 Å². The second-order valence-corrected chi connectivity index (χ2v) is 6.14. The zero-order chi connectivity index (χ0) is 18.3. The largest absolute Gasteiger partial charge is 0.493 e. The fourth-order valence-corrected chi connectivity index (χ4v) is 3.00. The molecule has 1 aromatic carbocycles. The smallest absolute Gasteiger partial charge is 0.240 e. The molecule has 8 heteroatoms. The molecular formula is C17H12BBrO6. The number of ketones is 3. The summed E-state index contributed by atoms with van der Waals surface area (Å²) in [6.45, 7) is 0. The molecule has 0 amide bonds. The highest BCUT2D eigenvalue weighted by molar-refractivity contribution is 9.12. The highest BCUT2D eigenvalue weighted by Crippen LogP contribution is 2.35. The summed E-state index contributed by atoms with van der Waals surface area (Å²) >= 11 is 3.09. The lowest BCUT2D eigenvalue weighted by Crippen LogP contribution is -2.23. The number of ether oxygens (including phenoxy) is 2. The first-order valence-electron chi connectivity index (χ1n) is 7.24. The monoisotopic (exact) mass is 402 g/mol. The number of Topliss-reactive ketones (excluding diaryl/α,β-unsaturated/α-hetero) is 2. The van der Waals surface area contributed by atoms with Crippen molar-refractivity contribution in [3.8, 4) is 11.5 Å². The van der Waals surface area contributed by atoms with E-state index in [9.17, 15) is 14.4 Å². The molecule has 1 aromatic heterocycles. The third-order valence-electron chi connectivity index (χ3n) is 3.98. The van der Waals surface area contributed by atoms with Crippen LogP contribution in [0.1, 0.15) is 32.0 Å². The van der Waals surface area contributed by atoms with Crippen molar-refractivity contribution >= 4 is 46.6 Å². The molecule has 2 aromatic rings. The first-order valence-corrected chi connectivity index (χ1v) is 8.04. The molecule has 1 aliphatic carbocycles. The SMILES string of the molecule is BC1=C(Br)C(=O)C(=O)c2c(C(=O)c3ccc(OC)c(OC)c3)coc21. The van der Waals surface area contributed by atoms with Crippen molar-refractivity contribution in [2.75, 3.05) is 14.2 Å². The van der Waals surface area contributed by atoms with Gasteiger partial charge in [-0.05, 0) is 39.6 Å². The zero-order valence-corrected chi connectivity index (χ0v) is 15.2. The second-order valence-electron chi connectivity index (χ2n) is 5.35. The average molecular weight is 403 g/mol. The van der Waals surface area contributed by atoms with Crippen LogP contribution in [0.4, 0.5) is 0 Å². The van der Waals surface area contributed by atoms with Crippen LogP contribution in [0.5, 0.6) is 11.5 Å². The van der Waals surface area contributed by atoms with Crippen molar-refractivity contribution < 1.29 is 28.3 Å². The van der Waals surface area contributed by atoms with Crippen LogP contribution in [0.2, 0.25) is 0 Å². The predicted octanol–water partition coefficient (Wildman–Crippen LogP) is 1.99. The zero-order valence-electron chi connectivity index (χ0n) is 13.6. The summed E-state index contributed by atoms with van der Waals surface area (Å²) in [5, 5.41) is 0. The first-order chi connectivity index (χ1) is 11.9. The van der Waals surface area contributed by atoms with E-state index in [1.165, 1.54) is 26.5 Å². The Labute approximate surface area is 152 Å². The summed E-state index contributed by atoms with van der Waals surface area (Å²) < 4.78 is 15.9. The minimum absolute atomic E-state index is 0.00881. The number of carbonyl (C=O) groups is 3. The summed E-state index contributed by atoms with van der Waals surface area (Å²) in [5.74, 6) is -0.842. The van der Waals surface area contributed by atoms with E-state index in [-0.39, 0.29) is 26.9 Å². The lowest BCUT2D eigenvalue weighted by molar-refractivity contribution is -0.111. The van der Waals surface area contributed by atoms with Crippen molar-refractivity contribution in [2.24, 2.45) is 0 Å². The van der Waals surface area contributed by atoms with Gasteiger partial charge in [0.1, 0.15) is 19.9 Å². The number of methoxy groups -OCH3 is 2. The number of carbonyl (C=O) groups excluding carboxylic acids is 3. The topological polar surface area (TPSA) is 82.8 Å². The molecule has 0 saturated carbocycles. The molecule has 0 saturated heterocycles. The van der Waals surface area contributed by atoms with Gasteiger partial charge in [0.2, 0.25) is 11.6 Å². The van der Waals surface area contributed by atoms with Crippen LogP contribution in [-0.2, 0) is 4.79 Å². The summed E-state index contributed by atoms with van der Waals surface area (Å²) in [6, 6.07) is 4.65. The van der Waals surface area contributed by atoms with Gasteiger partial charge in [-0.2, -0.15) is 0 Å². The van der Waals surface area contributed by atoms with Crippen LogP contribution in [-0.4, -0.2) is 39.4 Å². The standard InChI is InChI=1S/C17H12BBrO6/c1-23-9-4-3-7(5-10(9)24-2)14(20)8-6-25-17-11(8)15(21)16(22)13(19)12(17)18/h3-6H,18H2,1-2H3. The van der Waals surface area contributed by atoms with Gasteiger partial charge in [-0.3, -0.25) is 14.4 Å². The highest BCUT2D eigenvalue weighted by atomic mass is 79.9. The molecule has 0 radical (unpaired) electrons. The maximum absolute atomic E-state index is 12.8. The predicted molar refractivity (Wildman–Crippen MR) is 95.4 cm³/mol. The number of allylic oxidation sites excluding steroid dienone is 1. The molecule has 0 atom stereocenters. The van der Waals surface area contributed by atoms with E-state index in [1.54, 1.807) is 20.0 Å². The quantitative estimate of drug-likeness (QED) is 0.441. The Morgan fingerprint density at radius 1 is 1.12 bits per heavy atom. The molecule has 1 heterocycles. The number of rotatable bonds is 4. The Morgan fingerprint density at radius 2 is 1.80 bits per heavy atom. The lowest BCUT2D eigenvalue weighted by atomic mass is 9.82. The summed E-state index contributed by atoms with van der Waals surface area (Å²) in [7, 11) is 4.59. The fourth-order valence-electron chi connectivity index (χ4n) is 2.64. The van der Waals surface area contributed by atoms with E-state index in [4.69, 9.17) is 13.9 Å². The van der Waals surface area contributed by atoms with Gasteiger partial charge in [-0.25, -0.2) is 0 Å². The molecule has 0 aliphatic heterocycles. The van der Waals surface area contributed by atoms with Crippen molar-refractivity contribution in [1.82, 2.24) is 0 Å². The van der Waals surface area contributed by atoms with E-state index in [0.717, 1.165) is 0 Å². The van der Waals surface area contributed by atoms with Crippen LogP contribution in [0.15, 0.2) is 33.4 Å². The van der Waals surface area contributed by atoms with Crippen LogP contribution < -0.4 is 9.47 Å². The molecule has 0 bridgehead atoms. The second kappa shape index (κ2) is 6.36. The van der Waals surface area contributed by atoms with Crippen molar-refractivity contribution in [3.05, 3.63) is 51.4 Å². The van der Waals surface area contributed by atoms with Crippen molar-refractivity contribution in [3.63, 3.8) is 0 Å². The number of halogens is 1. The molecule has 6 nitrogen and oxygen atoms in total. The lowest BCUT2D eigenvalue weighted by Gasteiger charge is -2.12. The van der Waals surface area contributed by atoms with Gasteiger partial charge in [-0.15, -0.1) is 0 Å². The summed E-state index contributed by atoms with van der Waals surface area (Å²) in [4.78, 5) is 37.2. The van der Waals surface area contributed by atoms with E-state index in [0.29, 0.717) is 17.0 Å². The van der Waals surface area contributed by atoms with Gasteiger partial charge in [0.25, 0.3) is 0 Å². The van der Waals surface area contributed by atoms with Crippen LogP contribution in [0.25, 0.3) is 5.47 Å². The average Bonchev–Trinajstić information content (AvgIpc) is 3.08. The van der Waals surface area contributed by atoms with Gasteiger partial charge in [0, 0.05) is 5.56 Å². The van der Waals surface area contributed by atoms with Crippen molar-refractivity contribution in [2.45, 2.75) is 0 Å². The Hall–Kier alpha value is -2.61. The van der Waals surface area contributed by atoms with E-state index < -0.39 is 17.3 Å². The minimum atomic E-state index is -0.773. The highest BCUT2D eigenvalue weighted by Gasteiger charge is 2.36. The van der Waals surface area contributed by atoms with Crippen LogP contribution in [0.3, 0.4) is 0 Å². The summed E-state index contributed by atoms with van der Waals surface area (Å²) in [5.41, 5.74) is 0.795. The molecule has 25 heavy (non-hydrogen) atoms. The van der Waals surface area contributed by atoms with E-state index >= 15 is 0 Å². The van der Waals surface area contributed by atoms with Gasteiger partial charge in [0.15, 0.2) is 17.3 Å². The maximum atomic E-state index is 12.8. The Balaban J connectivity index is 2.11. The molecule has 0 spiro atoms. The Bertz CT molecular complexity index is 956. The van der Waals surface area contributed by atoms with Gasteiger partial charge in [-0.1, -0.05) is 0 Å². The number of furan rings is 1. The third kappa shape index (κ3) is 2.62. The molecular weight excluding hydrogens is 391 g/mol.